The summed E-state index contributed by atoms with van der Waals surface area (Å²) in [6.07, 6.45) is 1.17. The van der Waals surface area contributed by atoms with Crippen LogP contribution in [0.25, 0.3) is 10.6 Å². The summed E-state index contributed by atoms with van der Waals surface area (Å²) in [5, 5.41) is 3.10. The predicted molar refractivity (Wildman–Crippen MR) is 128 cm³/mol. The molecular weight excluding hydrogens is 465 g/mol. The standard InChI is InChI=1S/C23H26FN3O4S2/c1-5-27(6-2)33(29,30)16-11-12-20(31-15(3)4)19(13-16)26-22(28)21-14-25-23(32-21)17-9-7-8-10-18(17)24/h7-15H,5-6H2,1-4H3,(H,26,28). The first kappa shape index (κ1) is 24.8. The van der Waals surface area contributed by atoms with Crippen molar-refractivity contribution in [3.8, 4) is 16.3 Å². The number of anilines is 1. The van der Waals surface area contributed by atoms with Gasteiger partial charge in [0.15, 0.2) is 0 Å². The molecule has 0 fully saturated rings. The molecule has 0 aliphatic carbocycles. The smallest absolute Gasteiger partial charge is 0.267 e. The molecule has 0 spiro atoms. The second kappa shape index (κ2) is 10.4. The van der Waals surface area contributed by atoms with Gasteiger partial charge in [0.1, 0.15) is 21.5 Å². The third kappa shape index (κ3) is 5.58. The first-order valence-electron chi connectivity index (χ1n) is 10.5. The second-order valence-corrected chi connectivity index (χ2v) is 10.3. The van der Waals surface area contributed by atoms with Gasteiger partial charge >= 0.3 is 0 Å². The maximum absolute atomic E-state index is 14.1. The van der Waals surface area contributed by atoms with Crippen molar-refractivity contribution >= 4 is 33.0 Å². The number of hydrogen-bond donors (Lipinski definition) is 1. The molecule has 0 aliphatic heterocycles. The Kier molecular flexibility index (Phi) is 7.83. The van der Waals surface area contributed by atoms with Crippen LogP contribution in [0, 0.1) is 5.82 Å². The van der Waals surface area contributed by atoms with E-state index in [4.69, 9.17) is 4.74 Å². The minimum Gasteiger partial charge on any atom is -0.489 e. The van der Waals surface area contributed by atoms with Gasteiger partial charge in [-0.25, -0.2) is 17.8 Å². The summed E-state index contributed by atoms with van der Waals surface area (Å²) in [5.74, 6) is -0.586. The molecule has 3 aromatic rings. The maximum Gasteiger partial charge on any atom is 0.267 e. The van der Waals surface area contributed by atoms with Crippen LogP contribution in [-0.4, -0.2) is 42.8 Å². The molecule has 0 aliphatic rings. The fourth-order valence-corrected chi connectivity index (χ4v) is 5.48. The number of aromatic nitrogens is 1. The highest BCUT2D eigenvalue weighted by atomic mass is 32.2. The SMILES string of the molecule is CCN(CC)S(=O)(=O)c1ccc(OC(C)C)c(NC(=O)c2cnc(-c3ccccc3F)s2)c1. The average Bonchev–Trinajstić information content (AvgIpc) is 3.25. The number of nitrogens with one attached hydrogen (secondary N) is 1. The molecule has 0 radical (unpaired) electrons. The fourth-order valence-electron chi connectivity index (χ4n) is 3.16. The Morgan fingerprint density at radius 2 is 1.88 bits per heavy atom. The number of carbonyl (C=O) groups excluding carboxylic acids is 1. The summed E-state index contributed by atoms with van der Waals surface area (Å²) in [4.78, 5) is 17.4. The third-order valence-electron chi connectivity index (χ3n) is 4.74. The van der Waals surface area contributed by atoms with Crippen molar-refractivity contribution in [1.82, 2.24) is 9.29 Å². The van der Waals surface area contributed by atoms with Crippen molar-refractivity contribution in [2.75, 3.05) is 18.4 Å². The number of amides is 1. The minimum atomic E-state index is -3.73. The zero-order chi connectivity index (χ0) is 24.2. The monoisotopic (exact) mass is 491 g/mol. The number of ether oxygens (including phenoxy) is 1. The maximum atomic E-state index is 14.1. The van der Waals surface area contributed by atoms with Crippen molar-refractivity contribution in [3.05, 3.63) is 59.4 Å². The van der Waals surface area contributed by atoms with Gasteiger partial charge in [0.2, 0.25) is 10.0 Å². The molecule has 3 rings (SSSR count). The highest BCUT2D eigenvalue weighted by Gasteiger charge is 2.24. The number of halogens is 1. The van der Waals surface area contributed by atoms with Crippen LogP contribution in [0.1, 0.15) is 37.4 Å². The highest BCUT2D eigenvalue weighted by Crippen LogP contribution is 2.32. The molecule has 1 heterocycles. The van der Waals surface area contributed by atoms with E-state index in [9.17, 15) is 17.6 Å². The largest absolute Gasteiger partial charge is 0.489 e. The van der Waals surface area contributed by atoms with Crippen LogP contribution in [-0.2, 0) is 10.0 Å². The van der Waals surface area contributed by atoms with E-state index in [2.05, 4.69) is 10.3 Å². The molecule has 1 N–H and O–H groups in total. The molecule has 1 amide bonds. The van der Waals surface area contributed by atoms with Gasteiger partial charge < -0.3 is 10.1 Å². The summed E-state index contributed by atoms with van der Waals surface area (Å²) < 4.78 is 47.1. The zero-order valence-corrected chi connectivity index (χ0v) is 20.5. The first-order valence-corrected chi connectivity index (χ1v) is 12.8. The molecule has 33 heavy (non-hydrogen) atoms. The van der Waals surface area contributed by atoms with Gasteiger partial charge in [-0.3, -0.25) is 4.79 Å². The van der Waals surface area contributed by atoms with Crippen molar-refractivity contribution in [3.63, 3.8) is 0 Å². The Bertz CT molecular complexity index is 1240. The number of benzene rings is 2. The van der Waals surface area contributed by atoms with E-state index in [1.807, 2.05) is 13.8 Å². The van der Waals surface area contributed by atoms with Crippen LogP contribution in [0.5, 0.6) is 5.75 Å². The third-order valence-corrected chi connectivity index (χ3v) is 7.81. The molecular formula is C23H26FN3O4S2. The van der Waals surface area contributed by atoms with Crippen molar-refractivity contribution in [2.24, 2.45) is 0 Å². The number of nitrogens with zero attached hydrogens (tertiary/aromatic N) is 2. The first-order chi connectivity index (χ1) is 15.7. The van der Waals surface area contributed by atoms with Gasteiger partial charge in [0, 0.05) is 18.7 Å². The minimum absolute atomic E-state index is 0.0500. The highest BCUT2D eigenvalue weighted by molar-refractivity contribution is 7.89. The van der Waals surface area contributed by atoms with Crippen LogP contribution in [0.4, 0.5) is 10.1 Å². The normalized spacial score (nSPS) is 11.7. The topological polar surface area (TPSA) is 88.6 Å². The van der Waals surface area contributed by atoms with Gasteiger partial charge in [-0.15, -0.1) is 11.3 Å². The van der Waals surface area contributed by atoms with E-state index in [0.717, 1.165) is 11.3 Å². The lowest BCUT2D eigenvalue weighted by Crippen LogP contribution is -2.30. The lowest BCUT2D eigenvalue weighted by atomic mass is 10.2. The molecule has 0 saturated heterocycles. The van der Waals surface area contributed by atoms with Gasteiger partial charge in [-0.2, -0.15) is 4.31 Å². The Labute approximate surface area is 197 Å². The Hall–Kier alpha value is -2.82. The molecule has 2 aromatic carbocycles. The van der Waals surface area contributed by atoms with Crippen LogP contribution in [0.2, 0.25) is 0 Å². The zero-order valence-electron chi connectivity index (χ0n) is 18.8. The molecule has 0 saturated carbocycles. The quantitative estimate of drug-likeness (QED) is 0.454. The molecule has 0 unspecified atom stereocenters. The van der Waals surface area contributed by atoms with Gasteiger partial charge in [0.05, 0.1) is 22.9 Å². The average molecular weight is 492 g/mol. The van der Waals surface area contributed by atoms with Crippen molar-refractivity contribution < 1.29 is 22.3 Å². The molecule has 176 valence electrons. The van der Waals surface area contributed by atoms with Crippen LogP contribution >= 0.6 is 11.3 Å². The number of thiazole rings is 1. The molecule has 1 aromatic heterocycles. The van der Waals surface area contributed by atoms with E-state index >= 15 is 0 Å². The van der Waals surface area contributed by atoms with Crippen LogP contribution in [0.3, 0.4) is 0 Å². The molecule has 0 bridgehead atoms. The Morgan fingerprint density at radius 3 is 2.52 bits per heavy atom. The molecule has 7 nitrogen and oxygen atoms in total. The summed E-state index contributed by atoms with van der Waals surface area (Å²) >= 11 is 1.04. The molecule has 0 atom stereocenters. The Balaban J connectivity index is 1.94. The van der Waals surface area contributed by atoms with Crippen molar-refractivity contribution in [2.45, 2.75) is 38.7 Å². The fraction of sp³-hybridized carbons (Fsp3) is 0.304. The van der Waals surface area contributed by atoms with E-state index in [-0.39, 0.29) is 21.6 Å². The predicted octanol–water partition coefficient (Wildman–Crippen LogP) is 5.02. The summed E-state index contributed by atoms with van der Waals surface area (Å²) in [6.45, 7) is 7.83. The summed E-state index contributed by atoms with van der Waals surface area (Å²) in [6, 6.07) is 10.6. The van der Waals surface area contributed by atoms with E-state index in [0.29, 0.717) is 29.4 Å². The van der Waals surface area contributed by atoms with Crippen molar-refractivity contribution in [1.29, 1.82) is 0 Å². The van der Waals surface area contributed by atoms with Gasteiger partial charge in [-0.1, -0.05) is 26.0 Å². The molecule has 10 heteroatoms. The summed E-state index contributed by atoms with van der Waals surface area (Å²) in [5.41, 5.74) is 0.528. The number of rotatable bonds is 9. The van der Waals surface area contributed by atoms with Crippen LogP contribution in [0.15, 0.2) is 53.6 Å². The number of sulfonamides is 1. The second-order valence-electron chi connectivity index (χ2n) is 7.38. The lowest BCUT2D eigenvalue weighted by molar-refractivity contribution is 0.102. The summed E-state index contributed by atoms with van der Waals surface area (Å²) in [7, 11) is -3.73. The van der Waals surface area contributed by atoms with E-state index in [1.165, 1.54) is 34.8 Å². The van der Waals surface area contributed by atoms with Gasteiger partial charge in [0.25, 0.3) is 5.91 Å². The Morgan fingerprint density at radius 1 is 1.18 bits per heavy atom. The van der Waals surface area contributed by atoms with Gasteiger partial charge in [-0.05, 0) is 44.2 Å². The van der Waals surface area contributed by atoms with E-state index < -0.39 is 21.7 Å². The lowest BCUT2D eigenvalue weighted by Gasteiger charge is -2.20. The van der Waals surface area contributed by atoms with E-state index in [1.54, 1.807) is 32.0 Å². The number of hydrogen-bond acceptors (Lipinski definition) is 6. The van der Waals surface area contributed by atoms with Crippen LogP contribution < -0.4 is 10.1 Å². The number of carbonyl (C=O) groups is 1.